The molecule has 2 amide bonds. The Morgan fingerprint density at radius 3 is 1.93 bits per heavy atom. The number of nitrogens with zero attached hydrogens (tertiary/aromatic N) is 2. The molecule has 0 aliphatic carbocycles. The average molecular weight is 457 g/mol. The maximum Gasteiger partial charge on any atom is 0.269 e. The van der Waals surface area contributed by atoms with Crippen molar-refractivity contribution in [3.63, 3.8) is 0 Å². The normalized spacial score (nSPS) is 10.5. The maximum absolute atomic E-state index is 12.3. The number of hydrogen-bond donors (Lipinski definition) is 2. The first-order valence-electron chi connectivity index (χ1n) is 9.06. The second kappa shape index (κ2) is 8.91. The molecule has 0 aliphatic rings. The molecule has 2 aromatic carbocycles. The lowest BCUT2D eigenvalue weighted by atomic mass is 10.2. The minimum Gasteiger partial charge on any atom is -0.494 e. The van der Waals surface area contributed by atoms with Crippen molar-refractivity contribution in [3.05, 3.63) is 75.5 Å². The van der Waals surface area contributed by atoms with Crippen LogP contribution in [0, 0.1) is 13.8 Å². The van der Waals surface area contributed by atoms with E-state index in [2.05, 4.69) is 31.9 Å². The zero-order valence-electron chi connectivity index (χ0n) is 16.3. The molecule has 0 fully saturated rings. The minimum absolute atomic E-state index is 0.412. The second-order valence-electron chi connectivity index (χ2n) is 6.31. The largest absolute Gasteiger partial charge is 0.494 e. The predicted octanol–water partition coefficient (Wildman–Crippen LogP) is 3.73. The summed E-state index contributed by atoms with van der Waals surface area (Å²) < 4.78 is 8.10. The molecule has 0 saturated heterocycles. The van der Waals surface area contributed by atoms with Gasteiger partial charge in [-0.1, -0.05) is 0 Å². The third-order valence-corrected chi connectivity index (χ3v) is 5.44. The number of aryl methyl sites for hydroxylation is 1. The van der Waals surface area contributed by atoms with Gasteiger partial charge in [0.2, 0.25) is 0 Å². The summed E-state index contributed by atoms with van der Waals surface area (Å²) in [5.41, 5.74) is 8.37. The van der Waals surface area contributed by atoms with Crippen LogP contribution < -0.4 is 15.6 Å². The van der Waals surface area contributed by atoms with Gasteiger partial charge in [0.15, 0.2) is 0 Å². The van der Waals surface area contributed by atoms with Crippen molar-refractivity contribution in [1.29, 1.82) is 0 Å². The van der Waals surface area contributed by atoms with E-state index >= 15 is 0 Å². The Hall–Kier alpha value is -3.13. The third kappa shape index (κ3) is 4.65. The number of halogens is 1. The van der Waals surface area contributed by atoms with Crippen molar-refractivity contribution in [1.82, 2.24) is 20.6 Å². The van der Waals surface area contributed by atoms with Gasteiger partial charge in [0.1, 0.15) is 5.75 Å². The first kappa shape index (κ1) is 20.6. The van der Waals surface area contributed by atoms with Gasteiger partial charge in [-0.2, -0.15) is 5.10 Å². The quantitative estimate of drug-likeness (QED) is 0.572. The van der Waals surface area contributed by atoms with E-state index in [1.54, 1.807) is 53.2 Å². The van der Waals surface area contributed by atoms with Crippen LogP contribution in [0.5, 0.6) is 5.75 Å². The third-order valence-electron chi connectivity index (χ3n) is 4.29. The number of hydrogen-bond acceptors (Lipinski definition) is 4. The van der Waals surface area contributed by atoms with Gasteiger partial charge in [0.05, 0.1) is 28.2 Å². The predicted molar refractivity (Wildman–Crippen MR) is 113 cm³/mol. The second-order valence-corrected chi connectivity index (χ2v) is 7.10. The molecule has 7 nitrogen and oxygen atoms in total. The zero-order chi connectivity index (χ0) is 21.0. The van der Waals surface area contributed by atoms with Gasteiger partial charge in [-0.15, -0.1) is 0 Å². The molecule has 0 saturated carbocycles. The van der Waals surface area contributed by atoms with Crippen molar-refractivity contribution in [2.45, 2.75) is 20.8 Å². The van der Waals surface area contributed by atoms with Gasteiger partial charge in [0, 0.05) is 11.1 Å². The molecule has 1 heterocycles. The molecule has 29 heavy (non-hydrogen) atoms. The number of amides is 2. The van der Waals surface area contributed by atoms with E-state index in [4.69, 9.17) is 4.74 Å². The van der Waals surface area contributed by atoms with E-state index < -0.39 is 11.8 Å². The minimum atomic E-state index is -0.412. The van der Waals surface area contributed by atoms with Crippen LogP contribution in [0.2, 0.25) is 0 Å². The standard InChI is InChI=1S/C21H21BrN4O3/c1-4-29-18-11-7-16(8-12-18)21(28)24-23-20(27)15-5-9-17(10-6-15)26-14(3)19(22)13(2)25-26/h5-12H,4H2,1-3H3,(H,23,27)(H,24,28). The summed E-state index contributed by atoms with van der Waals surface area (Å²) in [5, 5.41) is 4.47. The van der Waals surface area contributed by atoms with Crippen LogP contribution in [0.15, 0.2) is 53.0 Å². The molecule has 0 spiro atoms. The van der Waals surface area contributed by atoms with Crippen LogP contribution in [-0.4, -0.2) is 28.2 Å². The number of carbonyl (C=O) groups is 2. The summed E-state index contributed by atoms with van der Waals surface area (Å²) in [6.45, 7) is 6.32. The van der Waals surface area contributed by atoms with Gasteiger partial charge in [0.25, 0.3) is 11.8 Å². The highest BCUT2D eigenvalue weighted by Crippen LogP contribution is 2.23. The first-order chi connectivity index (χ1) is 13.9. The molecule has 0 radical (unpaired) electrons. The average Bonchev–Trinajstić information content (AvgIpc) is 3.00. The van der Waals surface area contributed by atoms with Crippen molar-refractivity contribution >= 4 is 27.7 Å². The zero-order valence-corrected chi connectivity index (χ0v) is 17.9. The maximum atomic E-state index is 12.3. The van der Waals surface area contributed by atoms with Crippen molar-refractivity contribution < 1.29 is 14.3 Å². The van der Waals surface area contributed by atoms with Crippen LogP contribution in [-0.2, 0) is 0 Å². The summed E-state index contributed by atoms with van der Waals surface area (Å²) >= 11 is 3.51. The molecule has 2 N–H and O–H groups in total. The molecule has 150 valence electrons. The fourth-order valence-electron chi connectivity index (χ4n) is 2.76. The monoisotopic (exact) mass is 456 g/mol. The fourth-order valence-corrected chi connectivity index (χ4v) is 3.00. The molecule has 3 rings (SSSR count). The van der Waals surface area contributed by atoms with Gasteiger partial charge >= 0.3 is 0 Å². The highest BCUT2D eigenvalue weighted by molar-refractivity contribution is 9.10. The van der Waals surface area contributed by atoms with Gasteiger partial charge in [-0.05, 0) is 85.2 Å². The lowest BCUT2D eigenvalue weighted by molar-refractivity contribution is 0.0846. The summed E-state index contributed by atoms with van der Waals surface area (Å²) in [6.07, 6.45) is 0. The SMILES string of the molecule is CCOc1ccc(C(=O)NNC(=O)c2ccc(-n3nc(C)c(Br)c3C)cc2)cc1. The molecule has 3 aromatic rings. The molecule has 1 aromatic heterocycles. The van der Waals surface area contributed by atoms with Gasteiger partial charge in [-0.25, -0.2) is 4.68 Å². The van der Waals surface area contributed by atoms with E-state index in [1.165, 1.54) is 0 Å². The molecule has 0 atom stereocenters. The van der Waals surface area contributed by atoms with E-state index in [0.717, 1.165) is 21.5 Å². The molecule has 8 heteroatoms. The lowest BCUT2D eigenvalue weighted by Crippen LogP contribution is -2.41. The van der Waals surface area contributed by atoms with Gasteiger partial charge in [-0.3, -0.25) is 20.4 Å². The molecule has 0 unspecified atom stereocenters. The molecular weight excluding hydrogens is 436 g/mol. The Bertz CT molecular complexity index is 1030. The Labute approximate surface area is 177 Å². The van der Waals surface area contributed by atoms with Crippen molar-refractivity contribution in [2.24, 2.45) is 0 Å². The number of ether oxygens (including phenoxy) is 1. The van der Waals surface area contributed by atoms with Crippen LogP contribution in [0.25, 0.3) is 5.69 Å². The van der Waals surface area contributed by atoms with E-state index in [1.807, 2.05) is 20.8 Å². The lowest BCUT2D eigenvalue weighted by Gasteiger charge is -2.09. The van der Waals surface area contributed by atoms with Crippen LogP contribution in [0.1, 0.15) is 39.0 Å². The number of hydrazine groups is 1. The van der Waals surface area contributed by atoms with E-state index in [9.17, 15) is 9.59 Å². The first-order valence-corrected chi connectivity index (χ1v) is 9.85. The van der Waals surface area contributed by atoms with Crippen LogP contribution in [0.3, 0.4) is 0 Å². The fraction of sp³-hybridized carbons (Fsp3) is 0.190. The Morgan fingerprint density at radius 1 is 0.966 bits per heavy atom. The number of benzene rings is 2. The summed E-state index contributed by atoms with van der Waals surface area (Å²) in [5.74, 6) is -0.140. The van der Waals surface area contributed by atoms with Crippen molar-refractivity contribution in [3.8, 4) is 11.4 Å². The number of nitrogens with one attached hydrogen (secondary N) is 2. The van der Waals surface area contributed by atoms with Gasteiger partial charge < -0.3 is 4.74 Å². The van der Waals surface area contributed by atoms with Crippen LogP contribution in [0.4, 0.5) is 0 Å². The highest BCUT2D eigenvalue weighted by Gasteiger charge is 2.12. The highest BCUT2D eigenvalue weighted by atomic mass is 79.9. The molecule has 0 bridgehead atoms. The Kier molecular flexibility index (Phi) is 6.33. The number of carbonyl (C=O) groups excluding carboxylic acids is 2. The molecular formula is C21H21BrN4O3. The van der Waals surface area contributed by atoms with E-state index in [-0.39, 0.29) is 0 Å². The van der Waals surface area contributed by atoms with Crippen LogP contribution >= 0.6 is 15.9 Å². The number of rotatable bonds is 5. The summed E-state index contributed by atoms with van der Waals surface area (Å²) in [4.78, 5) is 24.5. The van der Waals surface area contributed by atoms with E-state index in [0.29, 0.717) is 23.5 Å². The Balaban J connectivity index is 1.62. The summed E-state index contributed by atoms with van der Waals surface area (Å²) in [6, 6.07) is 13.6. The topological polar surface area (TPSA) is 85.3 Å². The molecule has 0 aliphatic heterocycles. The Morgan fingerprint density at radius 2 is 1.48 bits per heavy atom. The number of aromatic nitrogens is 2. The summed E-state index contributed by atoms with van der Waals surface area (Å²) in [7, 11) is 0. The van der Waals surface area contributed by atoms with Crippen molar-refractivity contribution in [2.75, 3.05) is 6.61 Å². The smallest absolute Gasteiger partial charge is 0.269 e.